The van der Waals surface area contributed by atoms with Crippen molar-refractivity contribution >= 4 is 11.7 Å². The lowest BCUT2D eigenvalue weighted by Crippen LogP contribution is -2.49. The average molecular weight is 361 g/mol. The van der Waals surface area contributed by atoms with E-state index in [9.17, 15) is 10.1 Å². The van der Waals surface area contributed by atoms with E-state index in [2.05, 4.69) is 28.0 Å². The van der Waals surface area contributed by atoms with E-state index in [1.807, 2.05) is 18.2 Å². The molecule has 138 valence electrons. The predicted octanol–water partition coefficient (Wildman–Crippen LogP) is 1.72. The highest BCUT2D eigenvalue weighted by Crippen LogP contribution is 2.37. The number of primary amides is 1. The van der Waals surface area contributed by atoms with Gasteiger partial charge in [-0.25, -0.2) is 4.98 Å². The van der Waals surface area contributed by atoms with Gasteiger partial charge < -0.3 is 10.6 Å². The highest BCUT2D eigenvalue weighted by atomic mass is 16.1. The summed E-state index contributed by atoms with van der Waals surface area (Å²) in [5, 5.41) is 9.86. The summed E-state index contributed by atoms with van der Waals surface area (Å²) in [6, 6.07) is 12.7. The van der Waals surface area contributed by atoms with Crippen LogP contribution in [-0.4, -0.2) is 48.5 Å². The van der Waals surface area contributed by atoms with E-state index in [4.69, 9.17) is 10.7 Å². The van der Waals surface area contributed by atoms with E-state index in [1.54, 1.807) is 0 Å². The number of nitrogens with two attached hydrogens (primary N) is 1. The van der Waals surface area contributed by atoms with E-state index in [0.29, 0.717) is 0 Å². The lowest BCUT2D eigenvalue weighted by molar-refractivity contribution is -0.119. The molecule has 0 bridgehead atoms. The molecule has 6 nitrogen and oxygen atoms in total. The van der Waals surface area contributed by atoms with Gasteiger partial charge in [-0.15, -0.1) is 0 Å². The van der Waals surface area contributed by atoms with Gasteiger partial charge in [-0.1, -0.05) is 30.3 Å². The summed E-state index contributed by atoms with van der Waals surface area (Å²) >= 11 is 0. The molecule has 0 unspecified atom stereocenters. The van der Waals surface area contributed by atoms with Crippen LogP contribution in [0.4, 0.5) is 5.82 Å². The molecule has 6 heteroatoms. The lowest BCUT2D eigenvalue weighted by Gasteiger charge is -2.35. The van der Waals surface area contributed by atoms with Crippen LogP contribution >= 0.6 is 0 Å². The minimum atomic E-state index is -0.303. The molecular formula is C21H23N5O. The average Bonchev–Trinajstić information content (AvgIpc) is 3.17. The number of fused-ring (bicyclic) bond motifs is 1. The smallest absolute Gasteiger partial charge is 0.231 e. The van der Waals surface area contributed by atoms with Crippen molar-refractivity contribution in [3.8, 4) is 17.3 Å². The first-order valence-electron chi connectivity index (χ1n) is 9.44. The molecule has 1 saturated heterocycles. The van der Waals surface area contributed by atoms with Gasteiger partial charge >= 0.3 is 0 Å². The number of pyridine rings is 1. The minimum Gasteiger partial charge on any atom is -0.369 e. The SMILES string of the molecule is N#Cc1c(N2CCN(CC(N)=O)CC2)nc(-c2ccccc2)c2c1CCC2. The first-order chi connectivity index (χ1) is 13.2. The molecular weight excluding hydrogens is 338 g/mol. The number of anilines is 1. The third-order valence-electron chi connectivity index (χ3n) is 5.46. The van der Waals surface area contributed by atoms with Gasteiger partial charge in [0.2, 0.25) is 5.91 Å². The Balaban J connectivity index is 1.71. The van der Waals surface area contributed by atoms with E-state index in [1.165, 1.54) is 11.1 Å². The highest BCUT2D eigenvalue weighted by molar-refractivity contribution is 5.76. The van der Waals surface area contributed by atoms with Crippen molar-refractivity contribution in [2.24, 2.45) is 5.73 Å². The van der Waals surface area contributed by atoms with Crippen molar-refractivity contribution in [2.45, 2.75) is 19.3 Å². The van der Waals surface area contributed by atoms with Gasteiger partial charge in [-0.05, 0) is 30.4 Å². The Kier molecular flexibility index (Phi) is 4.78. The summed E-state index contributed by atoms with van der Waals surface area (Å²) in [5.74, 6) is 0.485. The van der Waals surface area contributed by atoms with Gasteiger partial charge in [0, 0.05) is 31.7 Å². The van der Waals surface area contributed by atoms with Crippen molar-refractivity contribution in [1.82, 2.24) is 9.88 Å². The molecule has 1 amide bonds. The summed E-state index contributed by atoms with van der Waals surface area (Å²) in [4.78, 5) is 20.4. The molecule has 2 aliphatic rings. The van der Waals surface area contributed by atoms with Crippen LogP contribution in [0.15, 0.2) is 30.3 Å². The number of carbonyl (C=O) groups is 1. The summed E-state index contributed by atoms with van der Waals surface area (Å²) in [6.07, 6.45) is 2.99. The van der Waals surface area contributed by atoms with E-state index < -0.39 is 0 Å². The topological polar surface area (TPSA) is 86.3 Å². The minimum absolute atomic E-state index is 0.284. The number of nitrogens with zero attached hydrogens (tertiary/aromatic N) is 4. The number of rotatable bonds is 4. The molecule has 1 fully saturated rings. The van der Waals surface area contributed by atoms with Crippen molar-refractivity contribution in [2.75, 3.05) is 37.6 Å². The number of nitriles is 1. The fourth-order valence-corrected chi connectivity index (χ4v) is 4.16. The fourth-order valence-electron chi connectivity index (χ4n) is 4.16. The maximum absolute atomic E-state index is 11.2. The Morgan fingerprint density at radius 2 is 1.81 bits per heavy atom. The Hall–Kier alpha value is -2.91. The Morgan fingerprint density at radius 1 is 1.11 bits per heavy atom. The Labute approximate surface area is 159 Å². The Bertz CT molecular complexity index is 895. The molecule has 1 aromatic carbocycles. The molecule has 1 aromatic heterocycles. The molecule has 4 rings (SSSR count). The van der Waals surface area contributed by atoms with E-state index >= 15 is 0 Å². The summed E-state index contributed by atoms with van der Waals surface area (Å²) in [7, 11) is 0. The molecule has 0 saturated carbocycles. The first-order valence-corrected chi connectivity index (χ1v) is 9.44. The fraction of sp³-hybridized carbons (Fsp3) is 0.381. The quantitative estimate of drug-likeness (QED) is 0.896. The highest BCUT2D eigenvalue weighted by Gasteiger charge is 2.28. The van der Waals surface area contributed by atoms with Gasteiger partial charge in [-0.3, -0.25) is 9.69 Å². The number of carbonyl (C=O) groups excluding carboxylic acids is 1. The maximum atomic E-state index is 11.2. The second-order valence-electron chi connectivity index (χ2n) is 7.18. The second kappa shape index (κ2) is 7.37. The number of aromatic nitrogens is 1. The van der Waals surface area contributed by atoms with Crippen LogP contribution in [0, 0.1) is 11.3 Å². The van der Waals surface area contributed by atoms with Crippen LogP contribution in [0.1, 0.15) is 23.1 Å². The monoisotopic (exact) mass is 361 g/mol. The summed E-state index contributed by atoms with van der Waals surface area (Å²) in [6.45, 7) is 3.25. The zero-order valence-electron chi connectivity index (χ0n) is 15.3. The first kappa shape index (κ1) is 17.5. The molecule has 0 spiro atoms. The van der Waals surface area contributed by atoms with Crippen LogP contribution in [0.2, 0.25) is 0 Å². The number of hydrogen-bond donors (Lipinski definition) is 1. The Morgan fingerprint density at radius 3 is 2.48 bits per heavy atom. The lowest BCUT2D eigenvalue weighted by atomic mass is 9.98. The maximum Gasteiger partial charge on any atom is 0.231 e. The number of amides is 1. The molecule has 1 aliphatic carbocycles. The van der Waals surface area contributed by atoms with Crippen molar-refractivity contribution in [1.29, 1.82) is 5.26 Å². The molecule has 2 heterocycles. The van der Waals surface area contributed by atoms with E-state index in [0.717, 1.165) is 68.1 Å². The van der Waals surface area contributed by atoms with Crippen LogP contribution in [0.3, 0.4) is 0 Å². The molecule has 2 N–H and O–H groups in total. The standard InChI is InChI=1S/C21H23N5O/c22-13-18-16-7-4-8-17(16)20(15-5-2-1-3-6-15)24-21(18)26-11-9-25(10-12-26)14-19(23)27/h1-3,5-6H,4,7-12,14H2,(H2,23,27). The third-order valence-corrected chi connectivity index (χ3v) is 5.46. The van der Waals surface area contributed by atoms with Crippen LogP contribution in [0.5, 0.6) is 0 Å². The van der Waals surface area contributed by atoms with Crippen LogP contribution in [0.25, 0.3) is 11.3 Å². The third kappa shape index (κ3) is 3.38. The predicted molar refractivity (Wildman–Crippen MR) is 104 cm³/mol. The largest absolute Gasteiger partial charge is 0.369 e. The molecule has 2 aromatic rings. The number of hydrogen-bond acceptors (Lipinski definition) is 5. The van der Waals surface area contributed by atoms with Gasteiger partial charge in [0.15, 0.2) is 0 Å². The zero-order chi connectivity index (χ0) is 18.8. The van der Waals surface area contributed by atoms with Gasteiger partial charge in [0.25, 0.3) is 0 Å². The molecule has 0 atom stereocenters. The molecule has 1 aliphatic heterocycles. The molecule has 0 radical (unpaired) electrons. The molecule has 27 heavy (non-hydrogen) atoms. The van der Waals surface area contributed by atoms with Crippen molar-refractivity contribution in [3.05, 3.63) is 47.0 Å². The van der Waals surface area contributed by atoms with Crippen LogP contribution < -0.4 is 10.6 Å². The number of benzene rings is 1. The zero-order valence-corrected chi connectivity index (χ0v) is 15.3. The van der Waals surface area contributed by atoms with Gasteiger partial charge in [0.1, 0.15) is 11.9 Å². The van der Waals surface area contributed by atoms with Crippen molar-refractivity contribution in [3.63, 3.8) is 0 Å². The van der Waals surface area contributed by atoms with E-state index in [-0.39, 0.29) is 12.5 Å². The van der Waals surface area contributed by atoms with Gasteiger partial charge in [-0.2, -0.15) is 5.26 Å². The summed E-state index contributed by atoms with van der Waals surface area (Å²) in [5.41, 5.74) is 10.6. The van der Waals surface area contributed by atoms with Crippen LogP contribution in [-0.2, 0) is 17.6 Å². The summed E-state index contributed by atoms with van der Waals surface area (Å²) < 4.78 is 0. The normalized spacial score (nSPS) is 16.8. The second-order valence-corrected chi connectivity index (χ2v) is 7.18. The van der Waals surface area contributed by atoms with Gasteiger partial charge in [0.05, 0.1) is 17.8 Å². The van der Waals surface area contributed by atoms with Crippen molar-refractivity contribution < 1.29 is 4.79 Å². The number of piperazine rings is 1.